The molecule has 1 rings (SSSR count). The van der Waals surface area contributed by atoms with Gasteiger partial charge in [-0.25, -0.2) is 18.6 Å². The van der Waals surface area contributed by atoms with Crippen LogP contribution in [-0.2, 0) is 17.5 Å². The number of carbonyl (C=O) groups is 1. The van der Waals surface area contributed by atoms with Crippen LogP contribution >= 0.6 is 0 Å². The zero-order chi connectivity index (χ0) is 14.8. The van der Waals surface area contributed by atoms with Gasteiger partial charge in [-0.05, 0) is 11.6 Å². The Hall–Kier alpha value is -1.77. The number of hydrogen-bond donors (Lipinski definition) is 1. The lowest BCUT2D eigenvalue weighted by Crippen LogP contribution is -2.19. The van der Waals surface area contributed by atoms with Crippen LogP contribution in [0.25, 0.3) is 0 Å². The standard InChI is InChI=1S/C10H9F5N2O2/c1-19-9(18)5-2-4(3-16)6(8(11)12)7(17-5)10(13,14)15/h2,8H,3,16H2,1H3. The molecule has 0 amide bonds. The monoisotopic (exact) mass is 284 g/mol. The summed E-state index contributed by atoms with van der Waals surface area (Å²) in [6.45, 7) is -0.588. The highest BCUT2D eigenvalue weighted by Crippen LogP contribution is 2.37. The lowest BCUT2D eigenvalue weighted by Gasteiger charge is -2.16. The first-order valence-corrected chi connectivity index (χ1v) is 4.89. The Kier molecular flexibility index (Phi) is 4.40. The molecule has 0 spiro atoms. The topological polar surface area (TPSA) is 65.2 Å². The molecule has 2 N–H and O–H groups in total. The zero-order valence-corrected chi connectivity index (χ0v) is 9.59. The summed E-state index contributed by atoms with van der Waals surface area (Å²) in [5.74, 6) is -1.17. The van der Waals surface area contributed by atoms with Crippen molar-refractivity contribution in [2.24, 2.45) is 5.73 Å². The summed E-state index contributed by atoms with van der Waals surface area (Å²) in [4.78, 5) is 14.1. The third kappa shape index (κ3) is 3.16. The average Bonchev–Trinajstić information content (AvgIpc) is 2.34. The van der Waals surface area contributed by atoms with E-state index in [1.165, 1.54) is 0 Å². The van der Waals surface area contributed by atoms with Gasteiger partial charge >= 0.3 is 12.1 Å². The van der Waals surface area contributed by atoms with E-state index in [0.717, 1.165) is 13.2 Å². The summed E-state index contributed by atoms with van der Waals surface area (Å²) >= 11 is 0. The molecule has 0 unspecified atom stereocenters. The number of rotatable bonds is 3. The molecule has 0 saturated carbocycles. The number of methoxy groups -OCH3 is 1. The number of halogens is 5. The summed E-state index contributed by atoms with van der Waals surface area (Å²) in [5.41, 5.74) is 0.761. The quantitative estimate of drug-likeness (QED) is 0.683. The number of pyridine rings is 1. The minimum Gasteiger partial charge on any atom is -0.464 e. The molecule has 0 fully saturated rings. The maximum atomic E-state index is 12.7. The van der Waals surface area contributed by atoms with Crippen LogP contribution in [0.3, 0.4) is 0 Å². The first-order chi connectivity index (χ1) is 8.72. The van der Waals surface area contributed by atoms with Gasteiger partial charge in [0.05, 0.1) is 12.7 Å². The molecule has 19 heavy (non-hydrogen) atoms. The maximum Gasteiger partial charge on any atom is 0.433 e. The summed E-state index contributed by atoms with van der Waals surface area (Å²) in [6.07, 6.45) is -8.53. The van der Waals surface area contributed by atoms with Crippen LogP contribution in [-0.4, -0.2) is 18.1 Å². The van der Waals surface area contributed by atoms with Crippen LogP contribution in [0, 0.1) is 0 Å². The third-order valence-corrected chi connectivity index (χ3v) is 2.25. The van der Waals surface area contributed by atoms with Gasteiger partial charge in [0.1, 0.15) is 5.69 Å². The summed E-state index contributed by atoms with van der Waals surface area (Å²) in [5, 5.41) is 0. The Morgan fingerprint density at radius 2 is 2.05 bits per heavy atom. The van der Waals surface area contributed by atoms with Crippen molar-refractivity contribution in [3.8, 4) is 0 Å². The Balaban J connectivity index is 3.59. The normalized spacial score (nSPS) is 11.8. The Morgan fingerprint density at radius 3 is 2.42 bits per heavy atom. The summed E-state index contributed by atoms with van der Waals surface area (Å²) < 4.78 is 67.7. The van der Waals surface area contributed by atoms with Gasteiger partial charge in [-0.3, -0.25) is 0 Å². The molecule has 1 aromatic rings. The molecule has 0 bridgehead atoms. The molecular weight excluding hydrogens is 275 g/mol. The van der Waals surface area contributed by atoms with Crippen molar-refractivity contribution < 1.29 is 31.5 Å². The molecule has 0 saturated heterocycles. The van der Waals surface area contributed by atoms with Crippen molar-refractivity contribution in [1.82, 2.24) is 4.98 Å². The van der Waals surface area contributed by atoms with Gasteiger partial charge in [0, 0.05) is 6.54 Å². The van der Waals surface area contributed by atoms with E-state index < -0.39 is 47.6 Å². The molecule has 0 aliphatic heterocycles. The predicted molar refractivity (Wildman–Crippen MR) is 53.4 cm³/mol. The Bertz CT molecular complexity index is 488. The predicted octanol–water partition coefficient (Wildman–Crippen LogP) is 2.28. The first-order valence-electron chi connectivity index (χ1n) is 4.89. The van der Waals surface area contributed by atoms with Gasteiger partial charge in [-0.1, -0.05) is 0 Å². The van der Waals surface area contributed by atoms with Crippen LogP contribution in [0.1, 0.15) is 33.7 Å². The lowest BCUT2D eigenvalue weighted by atomic mass is 10.0. The molecule has 0 atom stereocenters. The molecule has 4 nitrogen and oxygen atoms in total. The number of esters is 1. The zero-order valence-electron chi connectivity index (χ0n) is 9.59. The van der Waals surface area contributed by atoms with E-state index in [-0.39, 0.29) is 0 Å². The molecule has 0 aliphatic rings. The molecule has 0 aromatic carbocycles. The second-order valence-corrected chi connectivity index (χ2v) is 3.42. The van der Waals surface area contributed by atoms with E-state index >= 15 is 0 Å². The van der Waals surface area contributed by atoms with Crippen LogP contribution in [0.4, 0.5) is 22.0 Å². The molecule has 1 heterocycles. The van der Waals surface area contributed by atoms with Gasteiger partial charge < -0.3 is 10.5 Å². The molecular formula is C10H9F5N2O2. The number of carbonyl (C=O) groups excluding carboxylic acids is 1. The first kappa shape index (κ1) is 15.3. The molecule has 106 valence electrons. The largest absolute Gasteiger partial charge is 0.464 e. The fraction of sp³-hybridized carbons (Fsp3) is 0.400. The van der Waals surface area contributed by atoms with Crippen molar-refractivity contribution in [1.29, 1.82) is 0 Å². The van der Waals surface area contributed by atoms with E-state index in [1.807, 2.05) is 0 Å². The van der Waals surface area contributed by atoms with Crippen molar-refractivity contribution in [2.45, 2.75) is 19.1 Å². The molecule has 1 aromatic heterocycles. The second kappa shape index (κ2) is 5.47. The van der Waals surface area contributed by atoms with E-state index in [0.29, 0.717) is 0 Å². The fourth-order valence-corrected chi connectivity index (χ4v) is 1.45. The Labute approximate surface area is 104 Å². The van der Waals surface area contributed by atoms with E-state index in [2.05, 4.69) is 9.72 Å². The van der Waals surface area contributed by atoms with Crippen LogP contribution < -0.4 is 5.73 Å². The van der Waals surface area contributed by atoms with Gasteiger partial charge in [0.2, 0.25) is 0 Å². The van der Waals surface area contributed by atoms with Crippen molar-refractivity contribution in [2.75, 3.05) is 7.11 Å². The second-order valence-electron chi connectivity index (χ2n) is 3.42. The molecule has 9 heteroatoms. The van der Waals surface area contributed by atoms with E-state index in [4.69, 9.17) is 5.73 Å². The number of nitrogens with two attached hydrogens (primary N) is 1. The van der Waals surface area contributed by atoms with E-state index in [1.54, 1.807) is 0 Å². The van der Waals surface area contributed by atoms with Crippen molar-refractivity contribution in [3.63, 3.8) is 0 Å². The SMILES string of the molecule is COC(=O)c1cc(CN)c(C(F)F)c(C(F)(F)F)n1. The molecule has 0 aliphatic carbocycles. The third-order valence-electron chi connectivity index (χ3n) is 2.25. The summed E-state index contributed by atoms with van der Waals surface area (Å²) in [6, 6.07) is 0.766. The number of aromatic nitrogens is 1. The van der Waals surface area contributed by atoms with Gasteiger partial charge in [0.15, 0.2) is 5.69 Å². The van der Waals surface area contributed by atoms with E-state index in [9.17, 15) is 26.7 Å². The van der Waals surface area contributed by atoms with Crippen molar-refractivity contribution >= 4 is 5.97 Å². The van der Waals surface area contributed by atoms with Gasteiger partial charge in [-0.15, -0.1) is 0 Å². The lowest BCUT2D eigenvalue weighted by molar-refractivity contribution is -0.143. The molecule has 0 radical (unpaired) electrons. The minimum atomic E-state index is -5.13. The van der Waals surface area contributed by atoms with Crippen LogP contribution in [0.5, 0.6) is 0 Å². The summed E-state index contributed by atoms with van der Waals surface area (Å²) in [7, 11) is 0.931. The Morgan fingerprint density at radius 1 is 1.47 bits per heavy atom. The van der Waals surface area contributed by atoms with Gasteiger partial charge in [-0.2, -0.15) is 13.2 Å². The maximum absolute atomic E-state index is 12.7. The highest BCUT2D eigenvalue weighted by atomic mass is 19.4. The van der Waals surface area contributed by atoms with Crippen molar-refractivity contribution in [3.05, 3.63) is 28.6 Å². The van der Waals surface area contributed by atoms with Crippen LogP contribution in [0.2, 0.25) is 0 Å². The number of hydrogen-bond acceptors (Lipinski definition) is 4. The van der Waals surface area contributed by atoms with Gasteiger partial charge in [0.25, 0.3) is 6.43 Å². The highest BCUT2D eigenvalue weighted by molar-refractivity contribution is 5.87. The number of nitrogens with zero attached hydrogens (tertiary/aromatic N) is 1. The highest BCUT2D eigenvalue weighted by Gasteiger charge is 2.40. The average molecular weight is 284 g/mol. The smallest absolute Gasteiger partial charge is 0.433 e. The fourth-order valence-electron chi connectivity index (χ4n) is 1.45. The minimum absolute atomic E-state index is 0.502. The van der Waals surface area contributed by atoms with Crippen LogP contribution in [0.15, 0.2) is 6.07 Å². The number of alkyl halides is 5. The number of ether oxygens (including phenoxy) is 1.